The predicted octanol–water partition coefficient (Wildman–Crippen LogP) is 3.57. The summed E-state index contributed by atoms with van der Waals surface area (Å²) in [4.78, 5) is 12.4. The standard InChI is InChI=1S/C13H15Cl2N3OS/c14-7-4-5-9(15)11(6-7)18-13(19)17-10-3-1-2-8(10)12(16)20/h4-6,8,10H,1-3H2,(H2,16,20)(H2,17,18,19). The van der Waals surface area contributed by atoms with Crippen LogP contribution in [-0.4, -0.2) is 17.1 Å². The van der Waals surface area contributed by atoms with Gasteiger partial charge in [0.2, 0.25) is 0 Å². The molecule has 1 aliphatic rings. The van der Waals surface area contributed by atoms with E-state index in [-0.39, 0.29) is 18.0 Å². The maximum atomic E-state index is 12.0. The van der Waals surface area contributed by atoms with E-state index in [1.165, 1.54) is 0 Å². The largest absolute Gasteiger partial charge is 0.393 e. The van der Waals surface area contributed by atoms with Crippen molar-refractivity contribution in [2.75, 3.05) is 5.32 Å². The van der Waals surface area contributed by atoms with Gasteiger partial charge >= 0.3 is 6.03 Å². The van der Waals surface area contributed by atoms with Crippen LogP contribution in [0.25, 0.3) is 0 Å². The number of halogens is 2. The summed E-state index contributed by atoms with van der Waals surface area (Å²) in [6.45, 7) is 0. The molecule has 0 bridgehead atoms. The number of carbonyl (C=O) groups excluding carboxylic acids is 1. The predicted molar refractivity (Wildman–Crippen MR) is 86.5 cm³/mol. The minimum atomic E-state index is -0.331. The first-order valence-electron chi connectivity index (χ1n) is 6.29. The van der Waals surface area contributed by atoms with Crippen LogP contribution in [0, 0.1) is 5.92 Å². The average Bonchev–Trinajstić information content (AvgIpc) is 2.82. The molecular weight excluding hydrogens is 317 g/mol. The van der Waals surface area contributed by atoms with Crippen molar-refractivity contribution in [1.82, 2.24) is 5.32 Å². The summed E-state index contributed by atoms with van der Waals surface area (Å²) in [6.07, 6.45) is 2.79. The molecule has 1 saturated carbocycles. The van der Waals surface area contributed by atoms with Gasteiger partial charge in [0.25, 0.3) is 0 Å². The lowest BCUT2D eigenvalue weighted by Crippen LogP contribution is -2.43. The van der Waals surface area contributed by atoms with E-state index in [4.69, 9.17) is 41.2 Å². The van der Waals surface area contributed by atoms with Crippen LogP contribution in [0.4, 0.5) is 10.5 Å². The fourth-order valence-corrected chi connectivity index (χ4v) is 3.01. The Morgan fingerprint density at radius 2 is 2.10 bits per heavy atom. The zero-order chi connectivity index (χ0) is 14.7. The Labute approximate surface area is 133 Å². The van der Waals surface area contributed by atoms with Crippen LogP contribution in [0.5, 0.6) is 0 Å². The first-order valence-corrected chi connectivity index (χ1v) is 7.45. The molecule has 2 unspecified atom stereocenters. The van der Waals surface area contributed by atoms with Gasteiger partial charge in [0.15, 0.2) is 0 Å². The summed E-state index contributed by atoms with van der Waals surface area (Å²) in [5.74, 6) is 0.0607. The normalized spacial score (nSPS) is 21.5. The van der Waals surface area contributed by atoms with E-state index in [1.807, 2.05) is 0 Å². The molecule has 1 fully saturated rings. The summed E-state index contributed by atoms with van der Waals surface area (Å²) in [5, 5.41) is 6.51. The quantitative estimate of drug-likeness (QED) is 0.741. The van der Waals surface area contributed by atoms with Crippen LogP contribution >= 0.6 is 35.4 Å². The lowest BCUT2D eigenvalue weighted by atomic mass is 10.0. The van der Waals surface area contributed by atoms with Crippen molar-refractivity contribution in [1.29, 1.82) is 0 Å². The number of amides is 2. The summed E-state index contributed by atoms with van der Waals surface area (Å²) in [5.41, 5.74) is 6.16. The van der Waals surface area contributed by atoms with Gasteiger partial charge < -0.3 is 16.4 Å². The van der Waals surface area contributed by atoms with E-state index in [1.54, 1.807) is 18.2 Å². The van der Waals surface area contributed by atoms with Crippen molar-refractivity contribution in [3.8, 4) is 0 Å². The molecule has 108 valence electrons. The molecule has 0 heterocycles. The third kappa shape index (κ3) is 3.75. The van der Waals surface area contributed by atoms with Crippen molar-refractivity contribution in [3.05, 3.63) is 28.2 Å². The lowest BCUT2D eigenvalue weighted by molar-refractivity contribution is 0.247. The van der Waals surface area contributed by atoms with Gasteiger partial charge in [0, 0.05) is 17.0 Å². The highest BCUT2D eigenvalue weighted by Gasteiger charge is 2.30. The van der Waals surface area contributed by atoms with E-state index in [2.05, 4.69) is 10.6 Å². The Kier molecular flexibility index (Phi) is 5.07. The van der Waals surface area contributed by atoms with Crippen LogP contribution in [0.2, 0.25) is 10.0 Å². The zero-order valence-electron chi connectivity index (χ0n) is 10.7. The SMILES string of the molecule is NC(=S)C1CCCC1NC(=O)Nc1cc(Cl)ccc1Cl. The second-order valence-corrected chi connectivity index (χ2v) is 6.08. The van der Waals surface area contributed by atoms with Crippen LogP contribution in [-0.2, 0) is 0 Å². The molecule has 0 aromatic heterocycles. The second-order valence-electron chi connectivity index (χ2n) is 4.77. The summed E-state index contributed by atoms with van der Waals surface area (Å²) in [6, 6.07) is 4.54. The fraction of sp³-hybridized carbons (Fsp3) is 0.385. The number of nitrogens with one attached hydrogen (secondary N) is 2. The van der Waals surface area contributed by atoms with Crippen molar-refractivity contribution < 1.29 is 4.79 Å². The second kappa shape index (κ2) is 6.61. The molecule has 0 aliphatic heterocycles. The lowest BCUT2D eigenvalue weighted by Gasteiger charge is -2.20. The number of thiocarbonyl (C=S) groups is 1. The highest BCUT2D eigenvalue weighted by molar-refractivity contribution is 7.80. The molecule has 0 saturated heterocycles. The van der Waals surface area contributed by atoms with Gasteiger partial charge in [-0.05, 0) is 31.0 Å². The number of nitrogens with two attached hydrogens (primary N) is 1. The van der Waals surface area contributed by atoms with Crippen LogP contribution in [0.1, 0.15) is 19.3 Å². The third-order valence-electron chi connectivity index (χ3n) is 3.37. The van der Waals surface area contributed by atoms with Crippen LogP contribution in [0.3, 0.4) is 0 Å². The molecular formula is C13H15Cl2N3OS. The molecule has 1 aromatic carbocycles. The summed E-state index contributed by atoms with van der Waals surface area (Å²) >= 11 is 16.9. The number of hydrogen-bond acceptors (Lipinski definition) is 2. The van der Waals surface area contributed by atoms with Crippen molar-refractivity contribution in [3.63, 3.8) is 0 Å². The molecule has 0 spiro atoms. The Morgan fingerprint density at radius 3 is 2.80 bits per heavy atom. The van der Waals surface area contributed by atoms with Gasteiger partial charge in [0.1, 0.15) is 0 Å². The van der Waals surface area contributed by atoms with Gasteiger partial charge in [0.05, 0.1) is 15.7 Å². The number of carbonyl (C=O) groups is 1. The van der Waals surface area contributed by atoms with Gasteiger partial charge in [-0.1, -0.05) is 41.8 Å². The molecule has 20 heavy (non-hydrogen) atoms. The van der Waals surface area contributed by atoms with Crippen LogP contribution < -0.4 is 16.4 Å². The molecule has 4 N–H and O–H groups in total. The Bertz CT molecular complexity index is 538. The highest BCUT2D eigenvalue weighted by Crippen LogP contribution is 2.27. The molecule has 4 nitrogen and oxygen atoms in total. The smallest absolute Gasteiger partial charge is 0.319 e. The maximum Gasteiger partial charge on any atom is 0.319 e. The summed E-state index contributed by atoms with van der Waals surface area (Å²) < 4.78 is 0. The topological polar surface area (TPSA) is 67.1 Å². The minimum absolute atomic E-state index is 0.0227. The Balaban J connectivity index is 1.99. The van der Waals surface area contributed by atoms with E-state index >= 15 is 0 Å². The van der Waals surface area contributed by atoms with Crippen LogP contribution in [0.15, 0.2) is 18.2 Å². The first-order chi connectivity index (χ1) is 9.47. The van der Waals surface area contributed by atoms with Gasteiger partial charge in [-0.2, -0.15) is 0 Å². The van der Waals surface area contributed by atoms with E-state index in [0.717, 1.165) is 19.3 Å². The van der Waals surface area contributed by atoms with E-state index in [0.29, 0.717) is 20.7 Å². The number of benzene rings is 1. The van der Waals surface area contributed by atoms with E-state index in [9.17, 15) is 4.79 Å². The average molecular weight is 332 g/mol. The fourth-order valence-electron chi connectivity index (χ4n) is 2.39. The molecule has 7 heteroatoms. The first kappa shape index (κ1) is 15.4. The minimum Gasteiger partial charge on any atom is -0.393 e. The highest BCUT2D eigenvalue weighted by atomic mass is 35.5. The molecule has 2 rings (SSSR count). The van der Waals surface area contributed by atoms with Crippen molar-refractivity contribution in [2.45, 2.75) is 25.3 Å². The number of rotatable bonds is 3. The van der Waals surface area contributed by atoms with Gasteiger partial charge in [-0.3, -0.25) is 0 Å². The van der Waals surface area contributed by atoms with Crippen molar-refractivity contribution in [2.24, 2.45) is 11.7 Å². The van der Waals surface area contributed by atoms with Gasteiger partial charge in [-0.25, -0.2) is 4.79 Å². The number of anilines is 1. The monoisotopic (exact) mass is 331 g/mol. The number of hydrogen-bond donors (Lipinski definition) is 3. The molecule has 1 aromatic rings. The number of urea groups is 1. The zero-order valence-corrected chi connectivity index (χ0v) is 13.0. The third-order valence-corrected chi connectivity index (χ3v) is 4.24. The molecule has 1 aliphatic carbocycles. The Hall–Kier alpha value is -1.04. The van der Waals surface area contributed by atoms with E-state index < -0.39 is 0 Å². The maximum absolute atomic E-state index is 12.0. The van der Waals surface area contributed by atoms with Gasteiger partial charge in [-0.15, -0.1) is 0 Å². The molecule has 2 amide bonds. The Morgan fingerprint density at radius 1 is 1.35 bits per heavy atom. The molecule has 0 radical (unpaired) electrons. The molecule has 2 atom stereocenters. The van der Waals surface area contributed by atoms with Crippen molar-refractivity contribution >= 4 is 52.1 Å². The summed E-state index contributed by atoms with van der Waals surface area (Å²) in [7, 11) is 0.